The number of hydrogen-bond donors (Lipinski definition) is 1. The van der Waals surface area contributed by atoms with Gasteiger partial charge in [-0.1, -0.05) is 6.07 Å². The summed E-state index contributed by atoms with van der Waals surface area (Å²) in [5.74, 6) is 0.0768. The molecule has 0 saturated heterocycles. The van der Waals surface area contributed by atoms with Crippen molar-refractivity contribution in [2.24, 2.45) is 0 Å². The van der Waals surface area contributed by atoms with Crippen molar-refractivity contribution in [1.29, 1.82) is 0 Å². The summed E-state index contributed by atoms with van der Waals surface area (Å²) in [6.07, 6.45) is 0. The molecule has 0 aromatic heterocycles. The van der Waals surface area contributed by atoms with Gasteiger partial charge in [-0.2, -0.15) is 0 Å². The van der Waals surface area contributed by atoms with E-state index < -0.39 is 10.0 Å². The Morgan fingerprint density at radius 1 is 1.43 bits per heavy atom. The molecule has 0 atom stereocenters. The topological polar surface area (TPSA) is 46.2 Å². The van der Waals surface area contributed by atoms with E-state index in [-0.39, 0.29) is 5.75 Å². The molecule has 5 heteroatoms. The summed E-state index contributed by atoms with van der Waals surface area (Å²) in [6, 6.07) is 5.52. The number of halogens is 1. The van der Waals surface area contributed by atoms with Crippen molar-refractivity contribution in [3.8, 4) is 0 Å². The van der Waals surface area contributed by atoms with Crippen LogP contribution in [0.4, 0.5) is 5.69 Å². The number of anilines is 1. The summed E-state index contributed by atoms with van der Waals surface area (Å²) >= 11 is 3.29. The van der Waals surface area contributed by atoms with E-state index >= 15 is 0 Å². The summed E-state index contributed by atoms with van der Waals surface area (Å²) in [5, 5.41) is 0. The molecule has 78 valence electrons. The molecular weight excluding hydrogens is 266 g/mol. The molecule has 0 heterocycles. The highest BCUT2D eigenvalue weighted by molar-refractivity contribution is 9.10. The van der Waals surface area contributed by atoms with Crippen LogP contribution < -0.4 is 4.72 Å². The quantitative estimate of drug-likeness (QED) is 0.923. The Kier molecular flexibility index (Phi) is 3.55. The second kappa shape index (κ2) is 4.31. The second-order valence-electron chi connectivity index (χ2n) is 2.99. The Bertz CT molecular complexity index is 428. The SMILES string of the molecule is CCS(=O)(=O)Nc1cc(C)ccc1Br. The lowest BCUT2D eigenvalue weighted by Crippen LogP contribution is -2.14. The van der Waals surface area contributed by atoms with Crippen molar-refractivity contribution >= 4 is 31.6 Å². The number of sulfonamides is 1. The molecule has 0 radical (unpaired) electrons. The van der Waals surface area contributed by atoms with E-state index in [0.717, 1.165) is 10.0 Å². The maximum atomic E-state index is 11.3. The molecule has 0 fully saturated rings. The molecule has 0 aliphatic heterocycles. The van der Waals surface area contributed by atoms with E-state index in [0.29, 0.717) is 5.69 Å². The monoisotopic (exact) mass is 277 g/mol. The lowest BCUT2D eigenvalue weighted by atomic mass is 10.2. The van der Waals surface area contributed by atoms with Crippen LogP contribution in [0, 0.1) is 6.92 Å². The predicted octanol–water partition coefficient (Wildman–Crippen LogP) is 2.52. The van der Waals surface area contributed by atoms with E-state index in [4.69, 9.17) is 0 Å². The Morgan fingerprint density at radius 3 is 2.64 bits per heavy atom. The van der Waals surface area contributed by atoms with Crippen LogP contribution in [0.5, 0.6) is 0 Å². The van der Waals surface area contributed by atoms with Crippen LogP contribution in [0.3, 0.4) is 0 Å². The number of nitrogens with one attached hydrogen (secondary N) is 1. The molecule has 0 unspecified atom stereocenters. The van der Waals surface area contributed by atoms with Gasteiger partial charge < -0.3 is 0 Å². The Hall–Kier alpha value is -0.550. The normalized spacial score (nSPS) is 11.4. The van der Waals surface area contributed by atoms with Crippen molar-refractivity contribution in [3.05, 3.63) is 28.2 Å². The fraction of sp³-hybridized carbons (Fsp3) is 0.333. The van der Waals surface area contributed by atoms with Crippen LogP contribution in [-0.4, -0.2) is 14.2 Å². The summed E-state index contributed by atoms with van der Waals surface area (Å²) < 4.78 is 25.9. The fourth-order valence-electron chi connectivity index (χ4n) is 0.957. The van der Waals surface area contributed by atoms with Gasteiger partial charge in [-0.15, -0.1) is 0 Å². The molecule has 1 aromatic rings. The lowest BCUT2D eigenvalue weighted by molar-refractivity contribution is 0.602. The lowest BCUT2D eigenvalue weighted by Gasteiger charge is -2.08. The summed E-state index contributed by atoms with van der Waals surface area (Å²) in [5.41, 5.74) is 1.61. The molecule has 0 spiro atoms. The van der Waals surface area contributed by atoms with Crippen molar-refractivity contribution < 1.29 is 8.42 Å². The molecule has 14 heavy (non-hydrogen) atoms. The summed E-state index contributed by atoms with van der Waals surface area (Å²) in [6.45, 7) is 3.52. The van der Waals surface area contributed by atoms with Crippen LogP contribution in [0.25, 0.3) is 0 Å². The molecule has 0 bridgehead atoms. The maximum absolute atomic E-state index is 11.3. The molecular formula is C9H12BrNO2S. The van der Waals surface area contributed by atoms with Gasteiger partial charge in [0.1, 0.15) is 0 Å². The first-order valence-corrected chi connectivity index (χ1v) is 6.66. The van der Waals surface area contributed by atoms with Gasteiger partial charge in [0.2, 0.25) is 10.0 Å². The van der Waals surface area contributed by atoms with Crippen molar-refractivity contribution in [2.75, 3.05) is 10.5 Å². The molecule has 0 amide bonds. The van der Waals surface area contributed by atoms with Gasteiger partial charge in [0.25, 0.3) is 0 Å². The van der Waals surface area contributed by atoms with Gasteiger partial charge in [-0.3, -0.25) is 4.72 Å². The third kappa shape index (κ3) is 2.99. The Morgan fingerprint density at radius 2 is 2.07 bits per heavy atom. The minimum atomic E-state index is -3.19. The first-order valence-electron chi connectivity index (χ1n) is 4.21. The highest BCUT2D eigenvalue weighted by atomic mass is 79.9. The van der Waals surface area contributed by atoms with Gasteiger partial charge in [-0.25, -0.2) is 8.42 Å². The zero-order valence-corrected chi connectivity index (χ0v) is 10.4. The third-order valence-electron chi connectivity index (χ3n) is 1.77. The van der Waals surface area contributed by atoms with Crippen LogP contribution in [0.1, 0.15) is 12.5 Å². The van der Waals surface area contributed by atoms with Crippen molar-refractivity contribution in [1.82, 2.24) is 0 Å². The number of benzene rings is 1. The van der Waals surface area contributed by atoms with E-state index in [1.54, 1.807) is 13.0 Å². The number of rotatable bonds is 3. The van der Waals surface area contributed by atoms with Crippen LogP contribution in [0.2, 0.25) is 0 Å². The van der Waals surface area contributed by atoms with Crippen LogP contribution in [-0.2, 0) is 10.0 Å². The van der Waals surface area contributed by atoms with E-state index in [1.165, 1.54) is 0 Å². The van der Waals surface area contributed by atoms with Crippen LogP contribution >= 0.6 is 15.9 Å². The highest BCUT2D eigenvalue weighted by Gasteiger charge is 2.08. The molecule has 3 nitrogen and oxygen atoms in total. The van der Waals surface area contributed by atoms with E-state index in [9.17, 15) is 8.42 Å². The standard InChI is InChI=1S/C9H12BrNO2S/c1-3-14(12,13)11-9-6-7(2)4-5-8(9)10/h4-6,11H,3H2,1-2H3. The zero-order valence-electron chi connectivity index (χ0n) is 8.04. The molecule has 0 aliphatic rings. The fourth-order valence-corrected chi connectivity index (χ4v) is 2.08. The summed E-state index contributed by atoms with van der Waals surface area (Å²) in [4.78, 5) is 0. The minimum Gasteiger partial charge on any atom is -0.282 e. The first-order chi connectivity index (χ1) is 6.44. The smallest absolute Gasteiger partial charge is 0.232 e. The molecule has 0 aliphatic carbocycles. The number of hydrogen-bond acceptors (Lipinski definition) is 2. The van der Waals surface area contributed by atoms with Gasteiger partial charge in [-0.05, 0) is 47.5 Å². The zero-order chi connectivity index (χ0) is 10.8. The van der Waals surface area contributed by atoms with Crippen molar-refractivity contribution in [3.63, 3.8) is 0 Å². The predicted molar refractivity (Wildman–Crippen MR) is 62.0 cm³/mol. The average molecular weight is 278 g/mol. The number of aryl methyl sites for hydroxylation is 1. The third-order valence-corrected chi connectivity index (χ3v) is 3.75. The van der Waals surface area contributed by atoms with Gasteiger partial charge in [0.05, 0.1) is 11.4 Å². The molecule has 1 N–H and O–H groups in total. The summed E-state index contributed by atoms with van der Waals surface area (Å²) in [7, 11) is -3.19. The van der Waals surface area contributed by atoms with Gasteiger partial charge in [0.15, 0.2) is 0 Å². The van der Waals surface area contributed by atoms with Gasteiger partial charge in [0, 0.05) is 4.47 Å². The van der Waals surface area contributed by atoms with E-state index in [1.807, 2.05) is 19.1 Å². The maximum Gasteiger partial charge on any atom is 0.232 e. The Labute approximate surface area is 92.7 Å². The van der Waals surface area contributed by atoms with Crippen molar-refractivity contribution in [2.45, 2.75) is 13.8 Å². The molecule has 1 rings (SSSR count). The van der Waals surface area contributed by atoms with Crippen LogP contribution in [0.15, 0.2) is 22.7 Å². The highest BCUT2D eigenvalue weighted by Crippen LogP contribution is 2.24. The second-order valence-corrected chi connectivity index (χ2v) is 5.85. The minimum absolute atomic E-state index is 0.0768. The van der Waals surface area contributed by atoms with E-state index in [2.05, 4.69) is 20.7 Å². The van der Waals surface area contributed by atoms with Gasteiger partial charge >= 0.3 is 0 Å². The Balaban J connectivity index is 3.03. The first kappa shape index (κ1) is 11.5. The molecule has 0 saturated carbocycles. The largest absolute Gasteiger partial charge is 0.282 e. The molecule has 1 aromatic carbocycles. The average Bonchev–Trinajstić information content (AvgIpc) is 2.11.